The van der Waals surface area contributed by atoms with Gasteiger partial charge in [0.05, 0.1) is 15.1 Å². The fraction of sp³-hybridized carbons (Fsp3) is 0.133. The van der Waals surface area contributed by atoms with Crippen LogP contribution in [0.15, 0.2) is 64.6 Å². The Morgan fingerprint density at radius 1 is 1.09 bits per heavy atom. The highest BCUT2D eigenvalue weighted by atomic mass is 32.2. The van der Waals surface area contributed by atoms with Gasteiger partial charge in [-0.25, -0.2) is 0 Å². The van der Waals surface area contributed by atoms with E-state index in [4.69, 9.17) is 0 Å². The molecule has 114 valence electrons. The summed E-state index contributed by atoms with van der Waals surface area (Å²) >= 11 is 1.45. The van der Waals surface area contributed by atoms with Gasteiger partial charge in [0.15, 0.2) is 0 Å². The number of aromatic nitrogens is 1. The standard InChI is InChI=1S/C15H15N3O2S2/c1-2-18-13-10-6-7-11-14(13)21-15(18)16-17-22(19,20)12-8-4-3-5-9-12/h3-11,17H,2H2,1H3/b16-15-. The molecule has 0 amide bonds. The summed E-state index contributed by atoms with van der Waals surface area (Å²) in [6.07, 6.45) is 0. The van der Waals surface area contributed by atoms with E-state index in [0.29, 0.717) is 4.80 Å². The smallest absolute Gasteiger partial charge is 0.276 e. The Bertz CT molecular complexity index is 957. The average Bonchev–Trinajstić information content (AvgIpc) is 2.91. The Hall–Kier alpha value is -2.12. The molecule has 0 bridgehead atoms. The molecule has 7 heteroatoms. The minimum absolute atomic E-state index is 0.197. The first-order valence-electron chi connectivity index (χ1n) is 6.81. The summed E-state index contributed by atoms with van der Waals surface area (Å²) in [5.74, 6) is 0. The van der Waals surface area contributed by atoms with E-state index >= 15 is 0 Å². The van der Waals surface area contributed by atoms with Crippen LogP contribution in [-0.2, 0) is 16.6 Å². The topological polar surface area (TPSA) is 63.5 Å². The highest BCUT2D eigenvalue weighted by molar-refractivity contribution is 7.89. The number of para-hydroxylation sites is 1. The van der Waals surface area contributed by atoms with Crippen molar-refractivity contribution in [3.63, 3.8) is 0 Å². The van der Waals surface area contributed by atoms with E-state index in [1.54, 1.807) is 18.2 Å². The number of aryl methyl sites for hydroxylation is 1. The maximum Gasteiger partial charge on any atom is 0.276 e. The fourth-order valence-corrected chi connectivity index (χ4v) is 4.10. The third-order valence-corrected chi connectivity index (χ3v) is 5.50. The Balaban J connectivity index is 2.03. The van der Waals surface area contributed by atoms with Crippen molar-refractivity contribution in [3.05, 3.63) is 59.4 Å². The van der Waals surface area contributed by atoms with Crippen molar-refractivity contribution in [3.8, 4) is 0 Å². The molecule has 0 aliphatic heterocycles. The number of fused-ring (bicyclic) bond motifs is 1. The first-order valence-corrected chi connectivity index (χ1v) is 9.11. The van der Waals surface area contributed by atoms with Crippen LogP contribution >= 0.6 is 11.3 Å². The summed E-state index contributed by atoms with van der Waals surface area (Å²) in [7, 11) is -3.64. The molecular formula is C15H15N3O2S2. The van der Waals surface area contributed by atoms with E-state index in [2.05, 4.69) is 9.93 Å². The molecule has 0 radical (unpaired) electrons. The number of hydrogen-bond acceptors (Lipinski definition) is 4. The lowest BCUT2D eigenvalue weighted by atomic mass is 10.3. The van der Waals surface area contributed by atoms with E-state index in [1.165, 1.54) is 23.5 Å². The second kappa shape index (κ2) is 5.94. The molecule has 0 spiro atoms. The SMILES string of the molecule is CCn1/c(=N/NS(=O)(=O)c2ccccc2)sc2ccccc21. The summed E-state index contributed by atoms with van der Waals surface area (Å²) < 4.78 is 27.5. The van der Waals surface area contributed by atoms with E-state index in [9.17, 15) is 8.42 Å². The molecule has 1 N–H and O–H groups in total. The van der Waals surface area contributed by atoms with Gasteiger partial charge in [0.25, 0.3) is 10.0 Å². The number of sulfonamides is 1. The molecule has 3 rings (SSSR count). The molecule has 1 aromatic heterocycles. The highest BCUT2D eigenvalue weighted by Crippen LogP contribution is 2.16. The number of hydrogen-bond donors (Lipinski definition) is 1. The zero-order valence-electron chi connectivity index (χ0n) is 11.9. The van der Waals surface area contributed by atoms with Crippen molar-refractivity contribution in [2.75, 3.05) is 0 Å². The minimum Gasteiger partial charge on any atom is -0.315 e. The lowest BCUT2D eigenvalue weighted by molar-refractivity contribution is 0.582. The van der Waals surface area contributed by atoms with Gasteiger partial charge in [-0.15, -0.1) is 5.10 Å². The van der Waals surface area contributed by atoms with Gasteiger partial charge >= 0.3 is 0 Å². The molecule has 5 nitrogen and oxygen atoms in total. The van der Waals surface area contributed by atoms with Gasteiger partial charge in [-0.1, -0.05) is 41.7 Å². The molecule has 1 heterocycles. The van der Waals surface area contributed by atoms with Crippen molar-refractivity contribution in [2.45, 2.75) is 18.4 Å². The maximum absolute atomic E-state index is 12.2. The Labute approximate surface area is 132 Å². The van der Waals surface area contributed by atoms with Gasteiger partial charge in [-0.05, 0) is 31.2 Å². The van der Waals surface area contributed by atoms with Gasteiger partial charge in [0, 0.05) is 6.54 Å². The van der Waals surface area contributed by atoms with Crippen LogP contribution in [0.4, 0.5) is 0 Å². The molecule has 0 saturated heterocycles. The zero-order chi connectivity index (χ0) is 15.6. The number of nitrogens with one attached hydrogen (secondary N) is 1. The second-order valence-corrected chi connectivity index (χ2v) is 7.29. The van der Waals surface area contributed by atoms with E-state index in [1.807, 2.05) is 35.8 Å². The monoisotopic (exact) mass is 333 g/mol. The van der Waals surface area contributed by atoms with Crippen molar-refractivity contribution in [1.82, 2.24) is 9.40 Å². The van der Waals surface area contributed by atoms with Crippen LogP contribution in [0.3, 0.4) is 0 Å². The molecule has 0 fully saturated rings. The molecule has 0 unspecified atom stereocenters. The van der Waals surface area contributed by atoms with Crippen LogP contribution in [0, 0.1) is 0 Å². The van der Waals surface area contributed by atoms with Crippen LogP contribution in [0.1, 0.15) is 6.92 Å². The number of rotatable bonds is 4. The molecule has 22 heavy (non-hydrogen) atoms. The van der Waals surface area contributed by atoms with Gasteiger partial charge in [-0.3, -0.25) is 0 Å². The van der Waals surface area contributed by atoms with Crippen LogP contribution in [0.5, 0.6) is 0 Å². The summed E-state index contributed by atoms with van der Waals surface area (Å²) in [6, 6.07) is 16.1. The van der Waals surface area contributed by atoms with Gasteiger partial charge in [-0.2, -0.15) is 13.2 Å². The van der Waals surface area contributed by atoms with Crippen LogP contribution in [-0.4, -0.2) is 13.0 Å². The molecule has 0 atom stereocenters. The van der Waals surface area contributed by atoms with Gasteiger partial charge in [0.2, 0.25) is 4.80 Å². The summed E-state index contributed by atoms with van der Waals surface area (Å²) in [5.41, 5.74) is 1.05. The summed E-state index contributed by atoms with van der Waals surface area (Å²) in [4.78, 5) is 3.14. The van der Waals surface area contributed by atoms with Crippen LogP contribution in [0.25, 0.3) is 10.2 Å². The van der Waals surface area contributed by atoms with E-state index in [-0.39, 0.29) is 4.90 Å². The number of nitrogens with zero attached hydrogens (tertiary/aromatic N) is 2. The second-order valence-electron chi connectivity index (χ2n) is 4.62. The molecular weight excluding hydrogens is 318 g/mol. The maximum atomic E-state index is 12.2. The van der Waals surface area contributed by atoms with Crippen molar-refractivity contribution < 1.29 is 8.42 Å². The lowest BCUT2D eigenvalue weighted by Gasteiger charge is -2.03. The summed E-state index contributed by atoms with van der Waals surface area (Å²) in [5, 5.41) is 4.11. The van der Waals surface area contributed by atoms with Gasteiger partial charge in [0.1, 0.15) is 0 Å². The normalized spacial score (nSPS) is 12.7. The van der Waals surface area contributed by atoms with E-state index < -0.39 is 10.0 Å². The largest absolute Gasteiger partial charge is 0.315 e. The van der Waals surface area contributed by atoms with Crippen molar-refractivity contribution >= 4 is 31.6 Å². The van der Waals surface area contributed by atoms with E-state index in [0.717, 1.165) is 16.8 Å². The minimum atomic E-state index is -3.64. The van der Waals surface area contributed by atoms with Crippen LogP contribution in [0.2, 0.25) is 0 Å². The molecule has 0 aliphatic rings. The van der Waals surface area contributed by atoms with Crippen molar-refractivity contribution in [2.24, 2.45) is 5.10 Å². The van der Waals surface area contributed by atoms with Crippen molar-refractivity contribution in [1.29, 1.82) is 0 Å². The first kappa shape index (κ1) is 14.8. The summed E-state index contributed by atoms with van der Waals surface area (Å²) in [6.45, 7) is 2.72. The molecule has 3 aromatic rings. The van der Waals surface area contributed by atoms with Crippen LogP contribution < -0.4 is 9.63 Å². The fourth-order valence-electron chi connectivity index (χ4n) is 2.16. The predicted molar refractivity (Wildman–Crippen MR) is 87.8 cm³/mol. The third kappa shape index (κ3) is 2.77. The highest BCUT2D eigenvalue weighted by Gasteiger charge is 2.12. The molecule has 0 aliphatic carbocycles. The number of thiazole rings is 1. The predicted octanol–water partition coefficient (Wildman–Crippen LogP) is 2.52. The average molecular weight is 333 g/mol. The molecule has 2 aromatic carbocycles. The Morgan fingerprint density at radius 3 is 2.50 bits per heavy atom. The Kier molecular flexibility index (Phi) is 4.00. The zero-order valence-corrected chi connectivity index (χ0v) is 13.6. The first-order chi connectivity index (χ1) is 10.6. The quantitative estimate of drug-likeness (QED) is 0.746. The molecule has 0 saturated carbocycles. The third-order valence-electron chi connectivity index (χ3n) is 3.22. The number of benzene rings is 2. The van der Waals surface area contributed by atoms with Gasteiger partial charge < -0.3 is 4.57 Å². The Morgan fingerprint density at radius 2 is 1.77 bits per heavy atom. The lowest BCUT2D eigenvalue weighted by Crippen LogP contribution is -2.24.